The van der Waals surface area contributed by atoms with Gasteiger partial charge >= 0.3 is 0 Å². The molecular formula is C14H11BrClNO. The Morgan fingerprint density at radius 2 is 2.00 bits per heavy atom. The monoisotopic (exact) mass is 323 g/mol. The largest absolute Gasteiger partial charge is 0.507 e. The molecule has 0 spiro atoms. The Labute approximate surface area is 119 Å². The third-order valence-corrected chi connectivity index (χ3v) is 3.40. The molecule has 0 aliphatic rings. The molecule has 0 atom stereocenters. The van der Waals surface area contributed by atoms with Gasteiger partial charge in [0, 0.05) is 21.3 Å². The summed E-state index contributed by atoms with van der Waals surface area (Å²) >= 11 is 9.37. The van der Waals surface area contributed by atoms with Gasteiger partial charge in [0.05, 0.1) is 5.69 Å². The highest BCUT2D eigenvalue weighted by Crippen LogP contribution is 2.24. The van der Waals surface area contributed by atoms with Crippen LogP contribution in [-0.4, -0.2) is 11.3 Å². The van der Waals surface area contributed by atoms with E-state index in [0.29, 0.717) is 10.6 Å². The molecule has 2 nitrogen and oxygen atoms in total. The Bertz CT molecular complexity index is 611. The highest BCUT2D eigenvalue weighted by Gasteiger charge is 1.99. The maximum atomic E-state index is 9.67. The molecule has 0 aliphatic carbocycles. The number of aromatic hydroxyl groups is 1. The van der Waals surface area contributed by atoms with Gasteiger partial charge < -0.3 is 5.11 Å². The second-order valence-corrected chi connectivity index (χ2v) is 5.22. The molecule has 1 N–H and O–H groups in total. The smallest absolute Gasteiger partial charge is 0.124 e. The summed E-state index contributed by atoms with van der Waals surface area (Å²) in [5, 5.41) is 10.4. The standard InChI is InChI=1S/C14H11BrClNO/c1-9-2-4-12(7-13(9)16)17-8-10-6-11(15)3-5-14(10)18/h2-8,18H,1H3. The van der Waals surface area contributed by atoms with Crippen LogP contribution in [0.5, 0.6) is 5.75 Å². The predicted octanol–water partition coefficient (Wildman–Crippen LogP) is 4.87. The molecule has 0 saturated carbocycles. The van der Waals surface area contributed by atoms with Crippen molar-refractivity contribution in [3.63, 3.8) is 0 Å². The molecular weight excluding hydrogens is 314 g/mol. The summed E-state index contributed by atoms with van der Waals surface area (Å²) in [7, 11) is 0. The number of aliphatic imine (C=N–C) groups is 1. The maximum Gasteiger partial charge on any atom is 0.124 e. The van der Waals surface area contributed by atoms with E-state index in [1.165, 1.54) is 0 Å². The highest BCUT2D eigenvalue weighted by molar-refractivity contribution is 9.10. The molecule has 0 amide bonds. The fraction of sp³-hybridized carbons (Fsp3) is 0.0714. The van der Waals surface area contributed by atoms with Gasteiger partial charge in [0.25, 0.3) is 0 Å². The minimum Gasteiger partial charge on any atom is -0.507 e. The van der Waals surface area contributed by atoms with Crippen molar-refractivity contribution in [2.75, 3.05) is 0 Å². The van der Waals surface area contributed by atoms with Crippen LogP contribution in [0, 0.1) is 6.92 Å². The van der Waals surface area contributed by atoms with Gasteiger partial charge in [-0.1, -0.05) is 33.6 Å². The van der Waals surface area contributed by atoms with Crippen LogP contribution in [-0.2, 0) is 0 Å². The molecule has 92 valence electrons. The molecule has 0 saturated heterocycles. The Morgan fingerprint density at radius 1 is 1.22 bits per heavy atom. The highest BCUT2D eigenvalue weighted by atomic mass is 79.9. The van der Waals surface area contributed by atoms with Crippen LogP contribution in [0.1, 0.15) is 11.1 Å². The minimum absolute atomic E-state index is 0.195. The summed E-state index contributed by atoms with van der Waals surface area (Å²) in [5.41, 5.74) is 2.42. The molecule has 2 aromatic rings. The number of hydrogen-bond acceptors (Lipinski definition) is 2. The third kappa shape index (κ3) is 3.12. The fourth-order valence-corrected chi connectivity index (χ4v) is 1.99. The lowest BCUT2D eigenvalue weighted by molar-refractivity contribution is 0.474. The first-order chi connectivity index (χ1) is 8.56. The predicted molar refractivity (Wildman–Crippen MR) is 79.2 cm³/mol. The molecule has 0 heterocycles. The van der Waals surface area contributed by atoms with E-state index in [4.69, 9.17) is 11.6 Å². The summed E-state index contributed by atoms with van der Waals surface area (Å²) in [4.78, 5) is 4.29. The Kier molecular flexibility index (Phi) is 4.04. The van der Waals surface area contributed by atoms with Crippen molar-refractivity contribution in [3.8, 4) is 5.75 Å². The van der Waals surface area contributed by atoms with E-state index < -0.39 is 0 Å². The summed E-state index contributed by atoms with van der Waals surface area (Å²) in [6, 6.07) is 10.8. The molecule has 0 radical (unpaired) electrons. The van der Waals surface area contributed by atoms with E-state index >= 15 is 0 Å². The normalized spacial score (nSPS) is 11.1. The minimum atomic E-state index is 0.195. The van der Waals surface area contributed by atoms with Gasteiger partial charge in [-0.3, -0.25) is 4.99 Å². The van der Waals surface area contributed by atoms with Crippen molar-refractivity contribution >= 4 is 39.4 Å². The lowest BCUT2D eigenvalue weighted by atomic mass is 10.2. The molecule has 0 unspecified atom stereocenters. The number of phenols is 1. The molecule has 0 aliphatic heterocycles. The van der Waals surface area contributed by atoms with Gasteiger partial charge in [-0.05, 0) is 42.8 Å². The fourth-order valence-electron chi connectivity index (χ4n) is 1.43. The van der Waals surface area contributed by atoms with Crippen LogP contribution in [0.3, 0.4) is 0 Å². The van der Waals surface area contributed by atoms with Crippen LogP contribution >= 0.6 is 27.5 Å². The molecule has 0 aromatic heterocycles. The van der Waals surface area contributed by atoms with E-state index in [1.807, 2.05) is 19.1 Å². The molecule has 4 heteroatoms. The zero-order valence-corrected chi connectivity index (χ0v) is 12.0. The van der Waals surface area contributed by atoms with Crippen LogP contribution < -0.4 is 0 Å². The number of halogens is 2. The Morgan fingerprint density at radius 3 is 2.72 bits per heavy atom. The number of hydrogen-bond donors (Lipinski definition) is 1. The Hall–Kier alpha value is -1.32. The molecule has 18 heavy (non-hydrogen) atoms. The summed E-state index contributed by atoms with van der Waals surface area (Å²) in [5.74, 6) is 0.195. The Balaban J connectivity index is 2.29. The average molecular weight is 325 g/mol. The van der Waals surface area contributed by atoms with E-state index in [2.05, 4.69) is 20.9 Å². The van der Waals surface area contributed by atoms with E-state index in [9.17, 15) is 5.11 Å². The molecule has 2 rings (SSSR count). The SMILES string of the molecule is Cc1ccc(N=Cc2cc(Br)ccc2O)cc1Cl. The topological polar surface area (TPSA) is 32.6 Å². The van der Waals surface area contributed by atoms with Crippen molar-refractivity contribution < 1.29 is 5.11 Å². The number of nitrogens with zero attached hydrogens (tertiary/aromatic N) is 1. The van der Waals surface area contributed by atoms with Crippen molar-refractivity contribution in [3.05, 3.63) is 57.0 Å². The molecule has 0 bridgehead atoms. The van der Waals surface area contributed by atoms with Crippen LogP contribution in [0.15, 0.2) is 45.9 Å². The molecule has 0 fully saturated rings. The zero-order valence-electron chi connectivity index (χ0n) is 9.69. The van der Waals surface area contributed by atoms with Crippen molar-refractivity contribution in [1.82, 2.24) is 0 Å². The van der Waals surface area contributed by atoms with E-state index in [1.54, 1.807) is 30.5 Å². The van der Waals surface area contributed by atoms with Gasteiger partial charge in [0.15, 0.2) is 0 Å². The number of phenolic OH excluding ortho intramolecular Hbond substituents is 1. The van der Waals surface area contributed by atoms with Gasteiger partial charge in [-0.25, -0.2) is 0 Å². The summed E-state index contributed by atoms with van der Waals surface area (Å²) in [6.45, 7) is 1.94. The number of benzene rings is 2. The second-order valence-electron chi connectivity index (χ2n) is 3.89. The van der Waals surface area contributed by atoms with E-state index in [-0.39, 0.29) is 5.75 Å². The van der Waals surface area contributed by atoms with Crippen molar-refractivity contribution in [2.45, 2.75) is 6.92 Å². The first-order valence-electron chi connectivity index (χ1n) is 5.35. The first kappa shape index (κ1) is 13.1. The summed E-state index contributed by atoms with van der Waals surface area (Å²) in [6.07, 6.45) is 1.61. The average Bonchev–Trinajstić information content (AvgIpc) is 2.34. The van der Waals surface area contributed by atoms with Crippen LogP contribution in [0.2, 0.25) is 5.02 Å². The number of rotatable bonds is 2. The molecule has 2 aromatic carbocycles. The van der Waals surface area contributed by atoms with Gasteiger partial charge in [0.1, 0.15) is 5.75 Å². The first-order valence-corrected chi connectivity index (χ1v) is 6.52. The van der Waals surface area contributed by atoms with Gasteiger partial charge in [-0.15, -0.1) is 0 Å². The van der Waals surface area contributed by atoms with Gasteiger partial charge in [0.2, 0.25) is 0 Å². The lowest BCUT2D eigenvalue weighted by Gasteiger charge is -2.01. The van der Waals surface area contributed by atoms with Crippen LogP contribution in [0.25, 0.3) is 0 Å². The lowest BCUT2D eigenvalue weighted by Crippen LogP contribution is -1.82. The third-order valence-electron chi connectivity index (χ3n) is 2.50. The van der Waals surface area contributed by atoms with Gasteiger partial charge in [-0.2, -0.15) is 0 Å². The van der Waals surface area contributed by atoms with Crippen LogP contribution in [0.4, 0.5) is 5.69 Å². The van der Waals surface area contributed by atoms with Crippen molar-refractivity contribution in [2.24, 2.45) is 4.99 Å². The van der Waals surface area contributed by atoms with Crippen molar-refractivity contribution in [1.29, 1.82) is 0 Å². The second kappa shape index (κ2) is 5.55. The zero-order chi connectivity index (χ0) is 13.1. The summed E-state index contributed by atoms with van der Waals surface area (Å²) < 4.78 is 0.892. The number of aryl methyl sites for hydroxylation is 1. The van der Waals surface area contributed by atoms with E-state index in [0.717, 1.165) is 15.7 Å². The quantitative estimate of drug-likeness (QED) is 0.786. The maximum absolute atomic E-state index is 9.67.